The highest BCUT2D eigenvalue weighted by molar-refractivity contribution is 6.32. The quantitative estimate of drug-likeness (QED) is 0.877. The van der Waals surface area contributed by atoms with Gasteiger partial charge in [0.15, 0.2) is 11.5 Å². The van der Waals surface area contributed by atoms with E-state index >= 15 is 0 Å². The van der Waals surface area contributed by atoms with Crippen molar-refractivity contribution in [3.05, 3.63) is 22.7 Å². The van der Waals surface area contributed by atoms with E-state index in [9.17, 15) is 0 Å². The van der Waals surface area contributed by atoms with Crippen molar-refractivity contribution in [2.24, 2.45) is 11.7 Å². The Morgan fingerprint density at radius 1 is 1.35 bits per heavy atom. The van der Waals surface area contributed by atoms with Crippen molar-refractivity contribution in [3.63, 3.8) is 0 Å². The molecule has 0 saturated carbocycles. The van der Waals surface area contributed by atoms with Crippen LogP contribution in [0.3, 0.4) is 0 Å². The van der Waals surface area contributed by atoms with Gasteiger partial charge in [0.05, 0.1) is 18.7 Å². The van der Waals surface area contributed by atoms with Crippen molar-refractivity contribution in [2.45, 2.75) is 19.3 Å². The van der Waals surface area contributed by atoms with Crippen LogP contribution in [0.5, 0.6) is 11.5 Å². The van der Waals surface area contributed by atoms with E-state index in [0.717, 1.165) is 38.0 Å². The molecular formula is C15H22ClNO3. The highest BCUT2D eigenvalue weighted by Gasteiger charge is 2.17. The van der Waals surface area contributed by atoms with Gasteiger partial charge in [0.2, 0.25) is 0 Å². The molecule has 1 aromatic carbocycles. The van der Waals surface area contributed by atoms with Crippen LogP contribution in [0.15, 0.2) is 12.1 Å². The lowest BCUT2D eigenvalue weighted by atomic mass is 10.0. The van der Waals surface area contributed by atoms with E-state index < -0.39 is 0 Å². The molecular weight excluding hydrogens is 278 g/mol. The predicted molar refractivity (Wildman–Crippen MR) is 79.8 cm³/mol. The summed E-state index contributed by atoms with van der Waals surface area (Å²) >= 11 is 6.30. The first-order valence-electron chi connectivity index (χ1n) is 7.01. The zero-order valence-electron chi connectivity index (χ0n) is 11.9. The van der Waals surface area contributed by atoms with E-state index in [0.29, 0.717) is 35.6 Å². The Kier molecular flexibility index (Phi) is 5.95. The van der Waals surface area contributed by atoms with Crippen molar-refractivity contribution in [2.75, 3.05) is 33.5 Å². The van der Waals surface area contributed by atoms with Crippen LogP contribution in [0.4, 0.5) is 0 Å². The SMILES string of the molecule is COc1cc(CCN)cc(Cl)c1OCC1CCOCC1. The number of rotatable bonds is 6. The first-order chi connectivity index (χ1) is 9.74. The van der Waals surface area contributed by atoms with E-state index in [1.54, 1.807) is 7.11 Å². The van der Waals surface area contributed by atoms with Crippen LogP contribution < -0.4 is 15.2 Å². The molecule has 0 aromatic heterocycles. The lowest BCUT2D eigenvalue weighted by molar-refractivity contribution is 0.0493. The third-order valence-electron chi connectivity index (χ3n) is 3.53. The smallest absolute Gasteiger partial charge is 0.179 e. The second kappa shape index (κ2) is 7.72. The number of nitrogens with two attached hydrogens (primary N) is 1. The fourth-order valence-electron chi connectivity index (χ4n) is 2.34. The van der Waals surface area contributed by atoms with Gasteiger partial charge >= 0.3 is 0 Å². The second-order valence-electron chi connectivity index (χ2n) is 5.01. The van der Waals surface area contributed by atoms with Crippen LogP contribution in [-0.4, -0.2) is 33.5 Å². The molecule has 2 rings (SSSR count). The van der Waals surface area contributed by atoms with E-state index in [1.807, 2.05) is 12.1 Å². The molecule has 0 bridgehead atoms. The second-order valence-corrected chi connectivity index (χ2v) is 5.42. The highest BCUT2D eigenvalue weighted by Crippen LogP contribution is 2.37. The highest BCUT2D eigenvalue weighted by atomic mass is 35.5. The molecule has 5 heteroatoms. The van der Waals surface area contributed by atoms with Crippen LogP contribution in [-0.2, 0) is 11.2 Å². The lowest BCUT2D eigenvalue weighted by Gasteiger charge is -2.23. The summed E-state index contributed by atoms with van der Waals surface area (Å²) in [5, 5.41) is 0.583. The maximum absolute atomic E-state index is 6.30. The molecule has 1 aromatic rings. The van der Waals surface area contributed by atoms with Crippen molar-refractivity contribution < 1.29 is 14.2 Å². The van der Waals surface area contributed by atoms with E-state index in [2.05, 4.69) is 0 Å². The molecule has 0 atom stereocenters. The van der Waals surface area contributed by atoms with Gasteiger partial charge in [-0.05, 0) is 49.4 Å². The number of methoxy groups -OCH3 is 1. The molecule has 0 aliphatic carbocycles. The molecule has 1 heterocycles. The van der Waals surface area contributed by atoms with Gasteiger partial charge in [-0.25, -0.2) is 0 Å². The topological polar surface area (TPSA) is 53.7 Å². The van der Waals surface area contributed by atoms with Crippen LogP contribution in [0.2, 0.25) is 5.02 Å². The largest absolute Gasteiger partial charge is 0.493 e. The van der Waals surface area contributed by atoms with Crippen molar-refractivity contribution in [3.8, 4) is 11.5 Å². The predicted octanol–water partition coefficient (Wildman–Crippen LogP) is 2.66. The maximum Gasteiger partial charge on any atom is 0.179 e. The molecule has 1 aliphatic heterocycles. The van der Waals surface area contributed by atoms with E-state index in [-0.39, 0.29) is 0 Å². The van der Waals surface area contributed by atoms with Crippen LogP contribution in [0.1, 0.15) is 18.4 Å². The summed E-state index contributed by atoms with van der Waals surface area (Å²) in [6.07, 6.45) is 2.84. The van der Waals surface area contributed by atoms with Gasteiger partial charge < -0.3 is 19.9 Å². The number of benzene rings is 1. The molecule has 0 unspecified atom stereocenters. The summed E-state index contributed by atoms with van der Waals surface area (Å²) < 4.78 is 16.6. The van der Waals surface area contributed by atoms with Crippen LogP contribution in [0.25, 0.3) is 0 Å². The standard InChI is InChI=1S/C15H22ClNO3/c1-18-14-9-12(2-5-17)8-13(16)15(14)20-10-11-3-6-19-7-4-11/h8-9,11H,2-7,10,17H2,1H3. The van der Waals surface area contributed by atoms with E-state index in [4.69, 9.17) is 31.5 Å². The monoisotopic (exact) mass is 299 g/mol. The maximum atomic E-state index is 6.30. The summed E-state index contributed by atoms with van der Waals surface area (Å²) in [6, 6.07) is 3.84. The Balaban J connectivity index is 2.05. The number of hydrogen-bond acceptors (Lipinski definition) is 4. The number of ether oxygens (including phenoxy) is 3. The summed E-state index contributed by atoms with van der Waals surface area (Å²) in [6.45, 7) is 2.86. The first-order valence-corrected chi connectivity index (χ1v) is 7.39. The Labute approximate surface area is 125 Å². The minimum Gasteiger partial charge on any atom is -0.493 e. The average molecular weight is 300 g/mol. The molecule has 1 fully saturated rings. The molecule has 1 aliphatic rings. The summed E-state index contributed by atoms with van der Waals surface area (Å²) in [4.78, 5) is 0. The molecule has 0 amide bonds. The average Bonchev–Trinajstić information content (AvgIpc) is 2.47. The number of hydrogen-bond donors (Lipinski definition) is 1. The first kappa shape index (κ1) is 15.4. The van der Waals surface area contributed by atoms with Gasteiger partial charge in [0.25, 0.3) is 0 Å². The zero-order valence-corrected chi connectivity index (χ0v) is 12.6. The van der Waals surface area contributed by atoms with E-state index in [1.165, 1.54) is 0 Å². The molecule has 20 heavy (non-hydrogen) atoms. The fraction of sp³-hybridized carbons (Fsp3) is 0.600. The van der Waals surface area contributed by atoms with Gasteiger partial charge in [0, 0.05) is 13.2 Å². The molecule has 0 radical (unpaired) electrons. The molecule has 1 saturated heterocycles. The van der Waals surface area contributed by atoms with Gasteiger partial charge in [-0.3, -0.25) is 0 Å². The third kappa shape index (κ3) is 4.01. The zero-order chi connectivity index (χ0) is 14.4. The summed E-state index contributed by atoms with van der Waals surface area (Å²) in [7, 11) is 1.62. The Hall–Kier alpha value is -0.970. The Morgan fingerprint density at radius 2 is 2.10 bits per heavy atom. The normalized spacial score (nSPS) is 16.1. The minimum atomic E-state index is 0.522. The van der Waals surface area contributed by atoms with Crippen molar-refractivity contribution in [1.82, 2.24) is 0 Å². The Morgan fingerprint density at radius 3 is 2.75 bits per heavy atom. The molecule has 2 N–H and O–H groups in total. The fourth-order valence-corrected chi connectivity index (χ4v) is 2.63. The van der Waals surface area contributed by atoms with Crippen LogP contribution in [0, 0.1) is 5.92 Å². The summed E-state index contributed by atoms with van der Waals surface area (Å²) in [5.74, 6) is 1.82. The van der Waals surface area contributed by atoms with Gasteiger partial charge in [0.1, 0.15) is 0 Å². The summed E-state index contributed by atoms with van der Waals surface area (Å²) in [5.41, 5.74) is 6.63. The van der Waals surface area contributed by atoms with Crippen molar-refractivity contribution >= 4 is 11.6 Å². The lowest BCUT2D eigenvalue weighted by Crippen LogP contribution is -2.21. The molecule has 4 nitrogen and oxygen atoms in total. The molecule has 0 spiro atoms. The minimum absolute atomic E-state index is 0.522. The number of halogens is 1. The van der Waals surface area contributed by atoms with Crippen molar-refractivity contribution in [1.29, 1.82) is 0 Å². The van der Waals surface area contributed by atoms with Gasteiger partial charge in [-0.15, -0.1) is 0 Å². The molecule has 112 valence electrons. The van der Waals surface area contributed by atoms with Gasteiger partial charge in [-0.2, -0.15) is 0 Å². The Bertz CT molecular complexity index is 433. The third-order valence-corrected chi connectivity index (χ3v) is 3.81. The van der Waals surface area contributed by atoms with Crippen LogP contribution >= 0.6 is 11.6 Å². The van der Waals surface area contributed by atoms with Gasteiger partial charge in [-0.1, -0.05) is 11.6 Å².